The van der Waals surface area contributed by atoms with Crippen LogP contribution in [-0.2, 0) is 15.4 Å². The van der Waals surface area contributed by atoms with Crippen molar-refractivity contribution in [3.63, 3.8) is 0 Å². The minimum Gasteiger partial charge on any atom is -0.444 e. The Kier molecular flexibility index (Phi) is 7.01. The maximum Gasteiger partial charge on any atom is 0.423 e. The lowest BCUT2D eigenvalue weighted by Crippen LogP contribution is -2.40. The predicted octanol–water partition coefficient (Wildman–Crippen LogP) is 5.62. The van der Waals surface area contributed by atoms with E-state index in [0.29, 0.717) is 31.3 Å². The summed E-state index contributed by atoms with van der Waals surface area (Å²) in [5, 5.41) is 6.85. The van der Waals surface area contributed by atoms with Crippen LogP contribution >= 0.6 is 0 Å². The zero-order valence-electron chi connectivity index (χ0n) is 18.8. The van der Waals surface area contributed by atoms with Crippen LogP contribution in [0.5, 0.6) is 0 Å². The minimum absolute atomic E-state index is 0.0121. The Morgan fingerprint density at radius 1 is 1.06 bits per heavy atom. The summed E-state index contributed by atoms with van der Waals surface area (Å²) in [4.78, 5) is 16.3. The van der Waals surface area contributed by atoms with Gasteiger partial charge in [0.05, 0.1) is 0 Å². The molecule has 182 valence electrons. The van der Waals surface area contributed by atoms with Crippen LogP contribution in [-0.4, -0.2) is 41.1 Å². The lowest BCUT2D eigenvalue weighted by atomic mass is 9.85. The zero-order chi connectivity index (χ0) is 24.4. The Morgan fingerprint density at radius 3 is 2.21 bits per heavy atom. The SMILES string of the molecule is COC(F)(F)C(F)(F)c1ccc(-c2nc(C3CCC(NC(=O)OC(C)(C)C)CC3)no2)cc1. The van der Waals surface area contributed by atoms with Crippen LogP contribution in [0.15, 0.2) is 28.8 Å². The topological polar surface area (TPSA) is 86.5 Å². The highest BCUT2D eigenvalue weighted by atomic mass is 19.3. The van der Waals surface area contributed by atoms with Crippen LogP contribution in [0.3, 0.4) is 0 Å². The summed E-state index contributed by atoms with van der Waals surface area (Å²) in [5.41, 5.74) is -1.14. The number of hydrogen-bond donors (Lipinski definition) is 1. The van der Waals surface area contributed by atoms with Crippen LogP contribution < -0.4 is 5.32 Å². The molecule has 1 aromatic carbocycles. The number of methoxy groups -OCH3 is 1. The van der Waals surface area contributed by atoms with E-state index in [1.807, 2.05) is 0 Å². The zero-order valence-corrected chi connectivity index (χ0v) is 18.8. The number of alkyl carbamates (subject to hydrolysis) is 1. The van der Waals surface area contributed by atoms with Crippen molar-refractivity contribution in [3.05, 3.63) is 35.7 Å². The Bertz CT molecular complexity index is 949. The fourth-order valence-corrected chi connectivity index (χ4v) is 3.61. The summed E-state index contributed by atoms with van der Waals surface area (Å²) < 4.78 is 68.8. The summed E-state index contributed by atoms with van der Waals surface area (Å²) in [6.07, 6.45) is -2.22. The molecule has 0 aliphatic heterocycles. The predicted molar refractivity (Wildman–Crippen MR) is 110 cm³/mol. The highest BCUT2D eigenvalue weighted by molar-refractivity contribution is 5.68. The van der Waals surface area contributed by atoms with Gasteiger partial charge in [0.25, 0.3) is 5.89 Å². The maximum atomic E-state index is 13.9. The molecule has 0 radical (unpaired) electrons. The number of carbonyl (C=O) groups excluding carboxylic acids is 1. The third-order valence-electron chi connectivity index (χ3n) is 5.37. The molecule has 1 aliphatic carbocycles. The van der Waals surface area contributed by atoms with Gasteiger partial charge >= 0.3 is 18.1 Å². The van der Waals surface area contributed by atoms with Crippen LogP contribution in [0.1, 0.15) is 63.8 Å². The lowest BCUT2D eigenvalue weighted by Gasteiger charge is -2.28. The third-order valence-corrected chi connectivity index (χ3v) is 5.37. The van der Waals surface area contributed by atoms with E-state index in [9.17, 15) is 22.4 Å². The number of ether oxygens (including phenoxy) is 2. The highest BCUT2D eigenvalue weighted by Gasteiger charge is 2.58. The molecule has 1 heterocycles. The van der Waals surface area contributed by atoms with E-state index < -0.39 is 29.3 Å². The second-order valence-electron chi connectivity index (χ2n) is 9.03. The van der Waals surface area contributed by atoms with Crippen LogP contribution in [0, 0.1) is 0 Å². The summed E-state index contributed by atoms with van der Waals surface area (Å²) in [5.74, 6) is -3.90. The molecular weight excluding hydrogens is 446 g/mol. The van der Waals surface area contributed by atoms with Crippen molar-refractivity contribution in [2.75, 3.05) is 7.11 Å². The molecule has 1 aromatic heterocycles. The lowest BCUT2D eigenvalue weighted by molar-refractivity contribution is -0.344. The molecular formula is C22H27F4N3O4. The van der Waals surface area contributed by atoms with Crippen molar-refractivity contribution in [1.29, 1.82) is 0 Å². The molecule has 1 amide bonds. The van der Waals surface area contributed by atoms with Gasteiger partial charge in [0, 0.05) is 30.2 Å². The first-order valence-electron chi connectivity index (χ1n) is 10.6. The number of alkyl halides is 4. The van der Waals surface area contributed by atoms with Crippen molar-refractivity contribution >= 4 is 6.09 Å². The Hall–Kier alpha value is -2.69. The number of aromatic nitrogens is 2. The smallest absolute Gasteiger partial charge is 0.423 e. The number of carbonyl (C=O) groups is 1. The first-order valence-corrected chi connectivity index (χ1v) is 10.6. The molecule has 1 saturated carbocycles. The second kappa shape index (κ2) is 9.28. The molecule has 7 nitrogen and oxygen atoms in total. The van der Waals surface area contributed by atoms with Gasteiger partial charge in [-0.15, -0.1) is 0 Å². The van der Waals surface area contributed by atoms with E-state index in [-0.39, 0.29) is 17.9 Å². The summed E-state index contributed by atoms with van der Waals surface area (Å²) in [6.45, 7) is 5.39. The van der Waals surface area contributed by atoms with Crippen LogP contribution in [0.2, 0.25) is 0 Å². The van der Waals surface area contributed by atoms with Gasteiger partial charge in [0.15, 0.2) is 5.82 Å². The normalized spacial score (nSPS) is 19.9. The van der Waals surface area contributed by atoms with E-state index in [2.05, 4.69) is 20.2 Å². The third kappa shape index (κ3) is 5.82. The van der Waals surface area contributed by atoms with E-state index >= 15 is 0 Å². The Labute approximate surface area is 188 Å². The summed E-state index contributed by atoms with van der Waals surface area (Å²) in [7, 11) is 0.517. The maximum absolute atomic E-state index is 13.9. The van der Waals surface area contributed by atoms with Crippen molar-refractivity contribution < 1.29 is 36.4 Å². The van der Waals surface area contributed by atoms with E-state index in [1.165, 1.54) is 12.1 Å². The molecule has 2 aromatic rings. The first-order chi connectivity index (χ1) is 15.3. The number of hydrogen-bond acceptors (Lipinski definition) is 6. The Morgan fingerprint density at radius 2 is 1.67 bits per heavy atom. The summed E-state index contributed by atoms with van der Waals surface area (Å²) >= 11 is 0. The quantitative estimate of drug-likeness (QED) is 0.548. The molecule has 11 heteroatoms. The summed E-state index contributed by atoms with van der Waals surface area (Å²) in [6, 6.07) is 4.17. The molecule has 0 atom stereocenters. The van der Waals surface area contributed by atoms with Gasteiger partial charge in [-0.25, -0.2) is 4.79 Å². The molecule has 0 saturated heterocycles. The second-order valence-corrected chi connectivity index (χ2v) is 9.03. The molecule has 0 unspecified atom stereocenters. The van der Waals surface area contributed by atoms with E-state index in [0.717, 1.165) is 25.0 Å². The van der Waals surface area contributed by atoms with Gasteiger partial charge in [-0.2, -0.15) is 22.5 Å². The number of halogens is 4. The van der Waals surface area contributed by atoms with Gasteiger partial charge in [-0.3, -0.25) is 0 Å². The van der Waals surface area contributed by atoms with E-state index in [4.69, 9.17) is 9.26 Å². The van der Waals surface area contributed by atoms with Gasteiger partial charge < -0.3 is 19.3 Å². The molecule has 1 aliphatic rings. The monoisotopic (exact) mass is 473 g/mol. The number of nitrogens with zero attached hydrogens (tertiary/aromatic N) is 2. The first kappa shape index (κ1) is 24.9. The highest BCUT2D eigenvalue weighted by Crippen LogP contribution is 2.43. The number of nitrogens with one attached hydrogen (secondary N) is 1. The van der Waals surface area contributed by atoms with Crippen molar-refractivity contribution in [2.45, 2.75) is 76.0 Å². The average molecular weight is 473 g/mol. The number of benzene rings is 1. The minimum atomic E-state index is -4.64. The molecule has 3 rings (SSSR count). The molecule has 1 N–H and O–H groups in total. The van der Waals surface area contributed by atoms with Gasteiger partial charge in [-0.1, -0.05) is 17.3 Å². The molecule has 0 spiro atoms. The van der Waals surface area contributed by atoms with Crippen LogP contribution in [0.25, 0.3) is 11.5 Å². The fraction of sp³-hybridized carbons (Fsp3) is 0.591. The molecule has 1 fully saturated rings. The largest absolute Gasteiger partial charge is 0.444 e. The number of rotatable bonds is 6. The van der Waals surface area contributed by atoms with Gasteiger partial charge in [0.1, 0.15) is 5.60 Å². The van der Waals surface area contributed by atoms with E-state index in [1.54, 1.807) is 20.8 Å². The van der Waals surface area contributed by atoms with Gasteiger partial charge in [-0.05, 0) is 58.6 Å². The molecule has 33 heavy (non-hydrogen) atoms. The van der Waals surface area contributed by atoms with Crippen molar-refractivity contribution in [2.24, 2.45) is 0 Å². The average Bonchev–Trinajstić information content (AvgIpc) is 3.23. The fourth-order valence-electron chi connectivity index (χ4n) is 3.61. The standard InChI is InChI=1S/C22H27F4N3O4/c1-20(2,3)32-19(30)27-16-11-7-13(8-12-16)17-28-18(33-29-17)14-5-9-15(10-6-14)21(23,24)22(25,26)31-4/h5-6,9-10,13,16H,7-8,11-12H2,1-4H3,(H,27,30). The van der Waals surface area contributed by atoms with Gasteiger partial charge in [0.2, 0.25) is 0 Å². The molecule has 0 bridgehead atoms. The number of amides is 1. The van der Waals surface area contributed by atoms with Crippen molar-refractivity contribution in [1.82, 2.24) is 15.5 Å². The Balaban J connectivity index is 1.60. The van der Waals surface area contributed by atoms with Crippen molar-refractivity contribution in [3.8, 4) is 11.5 Å². The van der Waals surface area contributed by atoms with Crippen LogP contribution in [0.4, 0.5) is 22.4 Å².